The van der Waals surface area contributed by atoms with Crippen molar-refractivity contribution in [3.63, 3.8) is 0 Å². The van der Waals surface area contributed by atoms with Crippen LogP contribution >= 0.6 is 0 Å². The van der Waals surface area contributed by atoms with Gasteiger partial charge in [0.15, 0.2) is 0 Å². The fourth-order valence-corrected chi connectivity index (χ4v) is 2.03. The Hall–Kier alpha value is -0.0400. The zero-order valence-corrected chi connectivity index (χ0v) is 8.09. The zero-order valence-electron chi connectivity index (χ0n) is 8.09. The van der Waals surface area contributed by atoms with Gasteiger partial charge in [-0.05, 0) is 30.1 Å². The molecule has 11 heavy (non-hydrogen) atoms. The number of aliphatic hydroxyl groups is 1. The molecule has 0 spiro atoms. The van der Waals surface area contributed by atoms with Crippen LogP contribution in [0.3, 0.4) is 0 Å². The van der Waals surface area contributed by atoms with E-state index >= 15 is 0 Å². The molecule has 1 aliphatic rings. The van der Waals surface area contributed by atoms with Crippen molar-refractivity contribution in [1.82, 2.24) is 0 Å². The molecule has 66 valence electrons. The molecule has 0 aromatic heterocycles. The minimum absolute atomic E-state index is 0.105. The summed E-state index contributed by atoms with van der Waals surface area (Å²) in [5.74, 6) is 1.16. The highest BCUT2D eigenvalue weighted by Gasteiger charge is 2.38. The van der Waals surface area contributed by atoms with Crippen LogP contribution in [-0.4, -0.2) is 11.2 Å². The number of rotatable bonds is 0. The lowest BCUT2D eigenvalue weighted by atomic mass is 9.66. The van der Waals surface area contributed by atoms with Crippen LogP contribution < -0.4 is 0 Å². The van der Waals surface area contributed by atoms with Crippen molar-refractivity contribution >= 4 is 0 Å². The van der Waals surface area contributed by atoms with Crippen molar-refractivity contribution in [3.8, 4) is 0 Å². The average Bonchev–Trinajstić information content (AvgIpc) is 1.95. The molecule has 0 amide bonds. The van der Waals surface area contributed by atoms with Gasteiger partial charge in [0.2, 0.25) is 0 Å². The fourth-order valence-electron chi connectivity index (χ4n) is 2.03. The molecule has 1 fully saturated rings. The van der Waals surface area contributed by atoms with Crippen molar-refractivity contribution in [2.24, 2.45) is 17.3 Å². The van der Waals surface area contributed by atoms with Crippen LogP contribution in [0.2, 0.25) is 0 Å². The first kappa shape index (κ1) is 9.05. The Morgan fingerprint density at radius 1 is 1.27 bits per heavy atom. The van der Waals surface area contributed by atoms with Gasteiger partial charge in [0.25, 0.3) is 0 Å². The van der Waals surface area contributed by atoms with Crippen LogP contribution in [0, 0.1) is 17.3 Å². The van der Waals surface area contributed by atoms with Crippen LogP contribution in [0.4, 0.5) is 0 Å². The van der Waals surface area contributed by atoms with Crippen LogP contribution in [0.5, 0.6) is 0 Å². The smallest absolute Gasteiger partial charge is 0.0619 e. The molecule has 1 heteroatoms. The van der Waals surface area contributed by atoms with Gasteiger partial charge in [-0.1, -0.05) is 27.7 Å². The summed E-state index contributed by atoms with van der Waals surface area (Å²) < 4.78 is 0. The quantitative estimate of drug-likeness (QED) is 0.571. The first-order valence-corrected chi connectivity index (χ1v) is 4.63. The highest BCUT2D eigenvalue weighted by molar-refractivity contribution is 4.88. The average molecular weight is 156 g/mol. The third-order valence-electron chi connectivity index (χ3n) is 3.44. The molecule has 1 N–H and O–H groups in total. The Balaban J connectivity index is 2.67. The summed E-state index contributed by atoms with van der Waals surface area (Å²) in [5, 5.41) is 9.88. The van der Waals surface area contributed by atoms with Gasteiger partial charge < -0.3 is 5.11 Å². The lowest BCUT2D eigenvalue weighted by Gasteiger charge is -2.42. The van der Waals surface area contributed by atoms with Gasteiger partial charge in [-0.15, -0.1) is 0 Å². The second-order valence-corrected chi connectivity index (χ2v) is 4.81. The molecule has 3 atom stereocenters. The van der Waals surface area contributed by atoms with Gasteiger partial charge in [0, 0.05) is 0 Å². The summed E-state index contributed by atoms with van der Waals surface area (Å²) in [6.45, 7) is 8.74. The SMILES string of the molecule is CC1CCC(C)(C)C(O)C1C. The van der Waals surface area contributed by atoms with Crippen LogP contribution in [0.25, 0.3) is 0 Å². The highest BCUT2D eigenvalue weighted by atomic mass is 16.3. The number of hydrogen-bond donors (Lipinski definition) is 1. The van der Waals surface area contributed by atoms with Gasteiger partial charge in [-0.3, -0.25) is 0 Å². The third kappa shape index (κ3) is 1.58. The van der Waals surface area contributed by atoms with Gasteiger partial charge in [-0.2, -0.15) is 0 Å². The Kier molecular flexibility index (Phi) is 2.29. The summed E-state index contributed by atoms with van der Waals surface area (Å²) in [7, 11) is 0. The van der Waals surface area contributed by atoms with Crippen molar-refractivity contribution in [1.29, 1.82) is 0 Å². The van der Waals surface area contributed by atoms with Crippen molar-refractivity contribution in [2.75, 3.05) is 0 Å². The molecule has 1 rings (SSSR count). The van der Waals surface area contributed by atoms with Crippen molar-refractivity contribution < 1.29 is 5.11 Å². The Morgan fingerprint density at radius 2 is 1.82 bits per heavy atom. The van der Waals surface area contributed by atoms with Crippen molar-refractivity contribution in [2.45, 2.75) is 46.6 Å². The number of hydrogen-bond acceptors (Lipinski definition) is 1. The molecular formula is C10H20O. The second kappa shape index (κ2) is 2.78. The summed E-state index contributed by atoms with van der Waals surface area (Å²) in [6, 6.07) is 0. The Labute approximate surface area is 69.8 Å². The summed E-state index contributed by atoms with van der Waals surface area (Å²) in [4.78, 5) is 0. The van der Waals surface area contributed by atoms with E-state index in [-0.39, 0.29) is 11.5 Å². The van der Waals surface area contributed by atoms with E-state index in [9.17, 15) is 5.11 Å². The molecule has 3 unspecified atom stereocenters. The monoisotopic (exact) mass is 156 g/mol. The van der Waals surface area contributed by atoms with E-state index in [0.29, 0.717) is 11.8 Å². The molecule has 0 bridgehead atoms. The summed E-state index contributed by atoms with van der Waals surface area (Å²) in [5.41, 5.74) is 0.145. The molecule has 1 saturated carbocycles. The standard InChI is InChI=1S/C10H20O/c1-7-5-6-10(3,4)9(11)8(7)2/h7-9,11H,5-6H2,1-4H3. The molecule has 1 nitrogen and oxygen atoms in total. The predicted octanol–water partition coefficient (Wildman–Crippen LogP) is 2.44. The first-order chi connectivity index (χ1) is 4.95. The minimum atomic E-state index is -0.105. The van der Waals surface area contributed by atoms with E-state index < -0.39 is 0 Å². The van der Waals surface area contributed by atoms with E-state index in [1.807, 2.05) is 0 Å². The molecule has 0 radical (unpaired) electrons. The normalized spacial score (nSPS) is 43.9. The largest absolute Gasteiger partial charge is 0.392 e. The summed E-state index contributed by atoms with van der Waals surface area (Å²) in [6.07, 6.45) is 2.33. The lowest BCUT2D eigenvalue weighted by molar-refractivity contribution is -0.0483. The maximum atomic E-state index is 9.88. The first-order valence-electron chi connectivity index (χ1n) is 4.63. The maximum absolute atomic E-state index is 9.88. The van der Waals surface area contributed by atoms with Crippen molar-refractivity contribution in [3.05, 3.63) is 0 Å². The van der Waals surface area contributed by atoms with E-state index in [1.54, 1.807) is 0 Å². The van der Waals surface area contributed by atoms with Crippen LogP contribution in [0.1, 0.15) is 40.5 Å². The second-order valence-electron chi connectivity index (χ2n) is 4.81. The zero-order chi connectivity index (χ0) is 8.65. The fraction of sp³-hybridized carbons (Fsp3) is 1.00. The molecule has 0 saturated heterocycles. The maximum Gasteiger partial charge on any atom is 0.0619 e. The van der Waals surface area contributed by atoms with Crippen LogP contribution in [0.15, 0.2) is 0 Å². The molecule has 1 aliphatic carbocycles. The molecule has 0 aliphatic heterocycles. The van der Waals surface area contributed by atoms with Gasteiger partial charge in [0.1, 0.15) is 0 Å². The van der Waals surface area contributed by atoms with Gasteiger partial charge >= 0.3 is 0 Å². The molecule has 0 aromatic carbocycles. The van der Waals surface area contributed by atoms with Gasteiger partial charge in [0.05, 0.1) is 6.10 Å². The van der Waals surface area contributed by atoms with E-state index in [0.717, 1.165) is 0 Å². The summed E-state index contributed by atoms with van der Waals surface area (Å²) >= 11 is 0. The predicted molar refractivity (Wildman–Crippen MR) is 47.3 cm³/mol. The van der Waals surface area contributed by atoms with E-state index in [2.05, 4.69) is 27.7 Å². The lowest BCUT2D eigenvalue weighted by Crippen LogP contribution is -2.42. The highest BCUT2D eigenvalue weighted by Crippen LogP contribution is 2.41. The molecule has 0 heterocycles. The minimum Gasteiger partial charge on any atom is -0.392 e. The molecular weight excluding hydrogens is 136 g/mol. The van der Waals surface area contributed by atoms with E-state index in [1.165, 1.54) is 12.8 Å². The third-order valence-corrected chi connectivity index (χ3v) is 3.44. The number of aliphatic hydroxyl groups excluding tert-OH is 1. The molecule has 0 aromatic rings. The van der Waals surface area contributed by atoms with Gasteiger partial charge in [-0.25, -0.2) is 0 Å². The topological polar surface area (TPSA) is 20.2 Å². The Morgan fingerprint density at radius 3 is 2.27 bits per heavy atom. The van der Waals surface area contributed by atoms with Crippen LogP contribution in [-0.2, 0) is 0 Å². The Bertz CT molecular complexity index is 140. The van der Waals surface area contributed by atoms with E-state index in [4.69, 9.17) is 0 Å².